The Hall–Kier alpha value is -1.58. The molecule has 14 heteroatoms. The molecule has 0 bridgehead atoms. The molecule has 2 amide bonds. The van der Waals surface area contributed by atoms with E-state index in [1.165, 1.54) is 13.8 Å². The zero-order valence-electron chi connectivity index (χ0n) is 16.8. The van der Waals surface area contributed by atoms with Gasteiger partial charge < -0.3 is 50.4 Å². The summed E-state index contributed by atoms with van der Waals surface area (Å²) in [4.78, 5) is 26.9. The number of isothiocyanates is 1. The number of aliphatic hydroxyl groups excluding tert-OH is 5. The molecule has 2 aliphatic heterocycles. The topological polar surface area (TPSA) is 199 Å². The Morgan fingerprint density at radius 2 is 1.55 bits per heavy atom. The number of thiocarbonyl (C=S) groups is 1. The lowest BCUT2D eigenvalue weighted by atomic mass is 9.94. The van der Waals surface area contributed by atoms with Gasteiger partial charge in [-0.15, -0.1) is 0 Å². The maximum Gasteiger partial charge on any atom is 0.217 e. The number of nitrogens with one attached hydrogen (secondary N) is 2. The van der Waals surface area contributed by atoms with Crippen molar-refractivity contribution in [3.05, 3.63) is 0 Å². The molecule has 0 aromatic heterocycles. The van der Waals surface area contributed by atoms with Gasteiger partial charge in [0.25, 0.3) is 0 Å². The molecule has 0 saturated carbocycles. The molecule has 0 aromatic rings. The van der Waals surface area contributed by atoms with Gasteiger partial charge in [0.05, 0.1) is 18.4 Å². The summed E-state index contributed by atoms with van der Waals surface area (Å²) >= 11 is 4.56. The molecule has 2 aliphatic rings. The second-order valence-electron chi connectivity index (χ2n) is 7.22. The first-order valence-corrected chi connectivity index (χ1v) is 9.88. The third-order valence-corrected chi connectivity index (χ3v) is 5.07. The van der Waals surface area contributed by atoms with Crippen molar-refractivity contribution in [2.75, 3.05) is 13.2 Å². The van der Waals surface area contributed by atoms with Crippen LogP contribution in [0.2, 0.25) is 0 Å². The van der Waals surface area contributed by atoms with Gasteiger partial charge in [-0.1, -0.05) is 0 Å². The predicted octanol–water partition coefficient (Wildman–Crippen LogP) is -4.00. The van der Waals surface area contributed by atoms with E-state index in [0.29, 0.717) is 0 Å². The molecule has 0 aromatic carbocycles. The Morgan fingerprint density at radius 3 is 2.06 bits per heavy atom. The second-order valence-corrected chi connectivity index (χ2v) is 7.40. The van der Waals surface area contributed by atoms with E-state index in [9.17, 15) is 35.1 Å². The molecule has 0 aliphatic carbocycles. The third-order valence-electron chi connectivity index (χ3n) is 4.96. The standard InChI is InChI=1S/C17H27N3O10S/c1-6(23)19-10-14(27)15(9(4-22)28-16(10)18-5-31)30-17-11(20-7(2)24)13(26)12(25)8(3-21)29-17/h8-17,21-22,25-27H,3-4H2,1-2H3,(H,19,23)(H,20,24)/t8-,9-,10-,11-,12+,13-,14-,15-,16-,17+/m1/s1. The highest BCUT2D eigenvalue weighted by molar-refractivity contribution is 7.78. The molecule has 0 unspecified atom stereocenters. The Labute approximate surface area is 183 Å². The minimum atomic E-state index is -1.58. The minimum absolute atomic E-state index is 0.512. The summed E-state index contributed by atoms with van der Waals surface area (Å²) in [7, 11) is 0. The van der Waals surface area contributed by atoms with Crippen molar-refractivity contribution < 1.29 is 49.3 Å². The molecule has 10 atom stereocenters. The molecule has 2 heterocycles. The van der Waals surface area contributed by atoms with Gasteiger partial charge in [0.2, 0.25) is 11.8 Å². The van der Waals surface area contributed by atoms with Crippen LogP contribution in [0.25, 0.3) is 0 Å². The first-order chi connectivity index (χ1) is 14.6. The number of carbonyl (C=O) groups excluding carboxylic acids is 2. The van der Waals surface area contributed by atoms with Gasteiger partial charge >= 0.3 is 0 Å². The number of hydrogen-bond acceptors (Lipinski definition) is 12. The first-order valence-electron chi connectivity index (χ1n) is 9.48. The molecular formula is C17H27N3O10S. The fourth-order valence-corrected chi connectivity index (χ4v) is 3.65. The summed E-state index contributed by atoms with van der Waals surface area (Å²) in [5.41, 5.74) is 0. The van der Waals surface area contributed by atoms with Crippen LogP contribution in [-0.4, -0.2) is 117 Å². The van der Waals surface area contributed by atoms with E-state index in [-0.39, 0.29) is 0 Å². The van der Waals surface area contributed by atoms with Crippen molar-refractivity contribution >= 4 is 29.2 Å². The summed E-state index contributed by atoms with van der Waals surface area (Å²) in [5.74, 6) is -1.08. The van der Waals surface area contributed by atoms with Crippen LogP contribution in [0.3, 0.4) is 0 Å². The normalized spacial score (nSPS) is 40.5. The summed E-state index contributed by atoms with van der Waals surface area (Å²) in [6, 6.07) is -2.41. The van der Waals surface area contributed by atoms with E-state index in [1.807, 2.05) is 0 Å². The molecule has 2 fully saturated rings. The molecule has 7 N–H and O–H groups in total. The van der Waals surface area contributed by atoms with Crippen molar-refractivity contribution in [2.45, 2.75) is 75.1 Å². The van der Waals surface area contributed by atoms with Crippen LogP contribution in [0, 0.1) is 0 Å². The van der Waals surface area contributed by atoms with Crippen molar-refractivity contribution in [3.8, 4) is 0 Å². The number of aliphatic imine (C=N–C) groups is 1. The number of amides is 2. The summed E-state index contributed by atoms with van der Waals surface area (Å²) in [5, 5.41) is 57.4. The van der Waals surface area contributed by atoms with Crippen LogP contribution >= 0.6 is 12.2 Å². The average Bonchev–Trinajstić information content (AvgIpc) is 2.71. The number of ether oxygens (including phenoxy) is 3. The largest absolute Gasteiger partial charge is 0.394 e. The molecule has 13 nitrogen and oxygen atoms in total. The fourth-order valence-electron chi connectivity index (χ4n) is 3.54. The fraction of sp³-hybridized carbons (Fsp3) is 0.824. The minimum Gasteiger partial charge on any atom is -0.394 e. The smallest absolute Gasteiger partial charge is 0.217 e. The van der Waals surface area contributed by atoms with Crippen molar-refractivity contribution in [1.29, 1.82) is 0 Å². The van der Waals surface area contributed by atoms with Crippen LogP contribution in [0.15, 0.2) is 4.99 Å². The molecule has 2 rings (SSSR count). The zero-order chi connectivity index (χ0) is 23.3. The van der Waals surface area contributed by atoms with Crippen LogP contribution < -0.4 is 10.6 Å². The van der Waals surface area contributed by atoms with Crippen molar-refractivity contribution in [2.24, 2.45) is 4.99 Å². The summed E-state index contributed by atoms with van der Waals surface area (Å²) < 4.78 is 16.8. The monoisotopic (exact) mass is 465 g/mol. The van der Waals surface area contributed by atoms with E-state index in [4.69, 9.17) is 14.2 Å². The maximum absolute atomic E-state index is 11.6. The Morgan fingerprint density at radius 1 is 0.968 bits per heavy atom. The molecule has 0 spiro atoms. The van der Waals surface area contributed by atoms with E-state index in [2.05, 4.69) is 33.0 Å². The average molecular weight is 465 g/mol. The maximum atomic E-state index is 11.6. The predicted molar refractivity (Wildman–Crippen MR) is 105 cm³/mol. The van der Waals surface area contributed by atoms with Crippen molar-refractivity contribution in [3.63, 3.8) is 0 Å². The lowest BCUT2D eigenvalue weighted by Crippen LogP contribution is -2.68. The lowest BCUT2D eigenvalue weighted by Gasteiger charge is -2.47. The van der Waals surface area contributed by atoms with Gasteiger partial charge in [-0.2, -0.15) is 4.99 Å². The Bertz CT molecular complexity index is 693. The number of hydrogen-bond donors (Lipinski definition) is 7. The highest BCUT2D eigenvalue weighted by Gasteiger charge is 2.51. The molecule has 0 radical (unpaired) electrons. The first kappa shape index (κ1) is 25.7. The lowest BCUT2D eigenvalue weighted by molar-refractivity contribution is -0.314. The second kappa shape index (κ2) is 11.3. The molecule has 2 saturated heterocycles. The number of nitrogens with zero attached hydrogens (tertiary/aromatic N) is 1. The van der Waals surface area contributed by atoms with Gasteiger partial charge in [-0.3, -0.25) is 9.59 Å². The molecular weight excluding hydrogens is 438 g/mol. The Kier molecular flexibility index (Phi) is 9.39. The molecule has 176 valence electrons. The van der Waals surface area contributed by atoms with E-state index >= 15 is 0 Å². The molecule has 31 heavy (non-hydrogen) atoms. The number of carbonyl (C=O) groups is 2. The Balaban J connectivity index is 2.32. The van der Waals surface area contributed by atoms with E-state index < -0.39 is 86.3 Å². The summed E-state index contributed by atoms with van der Waals surface area (Å²) in [6.07, 6.45) is -11.0. The quantitative estimate of drug-likeness (QED) is 0.143. The SMILES string of the molecule is CC(=O)N[C@@H]1[C@@H](O)[C@H](O[C@@H]2O[C@H](CO)[C@H](O)[C@H](O)[C@H]2NC(C)=O)[C@@H](CO)O[C@H]1N=C=S. The van der Waals surface area contributed by atoms with Gasteiger partial charge in [-0.25, -0.2) is 0 Å². The van der Waals surface area contributed by atoms with Crippen LogP contribution in [-0.2, 0) is 23.8 Å². The van der Waals surface area contributed by atoms with Gasteiger partial charge in [0, 0.05) is 13.8 Å². The van der Waals surface area contributed by atoms with Gasteiger partial charge in [-0.05, 0) is 12.2 Å². The third kappa shape index (κ3) is 6.02. The van der Waals surface area contributed by atoms with Crippen molar-refractivity contribution in [1.82, 2.24) is 10.6 Å². The highest BCUT2D eigenvalue weighted by atomic mass is 32.1. The van der Waals surface area contributed by atoms with Crippen LogP contribution in [0.1, 0.15) is 13.8 Å². The van der Waals surface area contributed by atoms with Gasteiger partial charge in [0.1, 0.15) is 48.7 Å². The van der Waals surface area contributed by atoms with Crippen LogP contribution in [0.5, 0.6) is 0 Å². The zero-order valence-corrected chi connectivity index (χ0v) is 17.6. The summed E-state index contributed by atoms with van der Waals surface area (Å²) in [6.45, 7) is 1.08. The van der Waals surface area contributed by atoms with Crippen LogP contribution in [0.4, 0.5) is 0 Å². The van der Waals surface area contributed by atoms with Gasteiger partial charge in [0.15, 0.2) is 12.5 Å². The van der Waals surface area contributed by atoms with E-state index in [1.54, 1.807) is 0 Å². The number of aliphatic hydroxyl groups is 5. The number of rotatable bonds is 7. The highest BCUT2D eigenvalue weighted by Crippen LogP contribution is 2.29. The van der Waals surface area contributed by atoms with E-state index in [0.717, 1.165) is 0 Å².